The smallest absolute Gasteiger partial charge is 0.340 e. The van der Waals surface area contributed by atoms with Gasteiger partial charge in [-0.3, -0.25) is 4.79 Å². The molecule has 1 aliphatic rings. The van der Waals surface area contributed by atoms with E-state index in [2.05, 4.69) is 0 Å². The zero-order valence-corrected chi connectivity index (χ0v) is 16.1. The summed E-state index contributed by atoms with van der Waals surface area (Å²) in [7, 11) is 4.37. The number of rotatable bonds is 6. The van der Waals surface area contributed by atoms with Crippen LogP contribution in [0, 0.1) is 0 Å². The molecule has 1 amide bonds. The summed E-state index contributed by atoms with van der Waals surface area (Å²) in [5.74, 6) is 0.838. The Bertz CT molecular complexity index is 955. The van der Waals surface area contributed by atoms with Gasteiger partial charge in [0.15, 0.2) is 11.5 Å². The van der Waals surface area contributed by atoms with Crippen molar-refractivity contribution in [3.63, 3.8) is 0 Å². The number of allylic oxidation sites excluding steroid dienone is 1. The third-order valence-corrected chi connectivity index (χ3v) is 4.51. The molecule has 0 atom stereocenters. The maximum absolute atomic E-state index is 13.1. The fraction of sp³-hybridized carbons (Fsp3) is 0.238. The molecule has 0 N–H and O–H groups in total. The second kappa shape index (κ2) is 8.04. The van der Waals surface area contributed by atoms with Gasteiger partial charge in [0.25, 0.3) is 5.91 Å². The highest BCUT2D eigenvalue weighted by Crippen LogP contribution is 2.34. The van der Waals surface area contributed by atoms with Gasteiger partial charge in [-0.15, -0.1) is 0 Å². The van der Waals surface area contributed by atoms with Crippen LogP contribution >= 0.6 is 0 Å². The predicted molar refractivity (Wildman–Crippen MR) is 101 cm³/mol. The normalized spacial score (nSPS) is 15.4. The van der Waals surface area contributed by atoms with E-state index in [1.807, 2.05) is 0 Å². The number of benzene rings is 1. The summed E-state index contributed by atoms with van der Waals surface area (Å²) in [5.41, 5.74) is 1.69. The summed E-state index contributed by atoms with van der Waals surface area (Å²) in [6.45, 7) is 1.93. The highest BCUT2D eigenvalue weighted by atomic mass is 16.5. The molecular formula is C21H21NO6. The molecule has 28 heavy (non-hydrogen) atoms. The summed E-state index contributed by atoms with van der Waals surface area (Å²) in [4.78, 5) is 26.9. The molecule has 0 radical (unpaired) electrons. The molecule has 0 bridgehead atoms. The number of methoxy groups -OCH3 is 3. The topological polar surface area (TPSA) is 78.2 Å². The van der Waals surface area contributed by atoms with Gasteiger partial charge in [0.2, 0.25) is 0 Å². The summed E-state index contributed by atoms with van der Waals surface area (Å²) in [6.07, 6.45) is 3.18. The Hall–Kier alpha value is -3.48. The number of hydrogen-bond acceptors (Lipinski definition) is 6. The number of hydrogen-bond donors (Lipinski definition) is 0. The lowest BCUT2D eigenvalue weighted by Gasteiger charge is -2.16. The standard InChI is InChI=1S/C21H21NO6/c1-13-19(21(24)27-4)16(20(23)22(13)12-15-6-5-9-28-15)10-14-7-8-17(25-2)18(11-14)26-3/h5-11H,12H2,1-4H3. The largest absolute Gasteiger partial charge is 0.493 e. The predicted octanol–water partition coefficient (Wildman–Crippen LogP) is 3.17. The van der Waals surface area contributed by atoms with E-state index in [0.717, 1.165) is 0 Å². The first-order valence-electron chi connectivity index (χ1n) is 8.57. The Kier molecular flexibility index (Phi) is 5.54. The van der Waals surface area contributed by atoms with Crippen LogP contribution < -0.4 is 9.47 Å². The molecule has 2 aromatic rings. The maximum Gasteiger partial charge on any atom is 0.340 e. The molecular weight excluding hydrogens is 362 g/mol. The van der Waals surface area contributed by atoms with Gasteiger partial charge >= 0.3 is 5.97 Å². The Labute approximate surface area is 162 Å². The van der Waals surface area contributed by atoms with Gasteiger partial charge < -0.3 is 23.5 Å². The molecule has 0 spiro atoms. The molecule has 0 aliphatic carbocycles. The second-order valence-corrected chi connectivity index (χ2v) is 6.10. The summed E-state index contributed by atoms with van der Waals surface area (Å²) < 4.78 is 20.8. The summed E-state index contributed by atoms with van der Waals surface area (Å²) in [5, 5.41) is 0. The lowest BCUT2D eigenvalue weighted by Crippen LogP contribution is -2.24. The molecule has 0 saturated heterocycles. The minimum Gasteiger partial charge on any atom is -0.493 e. The Morgan fingerprint density at radius 1 is 1.14 bits per heavy atom. The number of carbonyl (C=O) groups is 2. The molecule has 7 nitrogen and oxygen atoms in total. The number of amides is 1. The lowest BCUT2D eigenvalue weighted by molar-refractivity contribution is -0.136. The van der Waals surface area contributed by atoms with Crippen molar-refractivity contribution in [1.82, 2.24) is 4.90 Å². The van der Waals surface area contributed by atoms with Gasteiger partial charge in [0, 0.05) is 5.70 Å². The molecule has 1 aromatic heterocycles. The van der Waals surface area contributed by atoms with E-state index in [9.17, 15) is 9.59 Å². The molecule has 146 valence electrons. The number of carbonyl (C=O) groups excluding carboxylic acids is 2. The third-order valence-electron chi connectivity index (χ3n) is 4.51. The van der Waals surface area contributed by atoms with Gasteiger partial charge in [-0.1, -0.05) is 6.07 Å². The van der Waals surface area contributed by atoms with Crippen molar-refractivity contribution in [2.24, 2.45) is 0 Å². The van der Waals surface area contributed by atoms with E-state index in [4.69, 9.17) is 18.6 Å². The highest BCUT2D eigenvalue weighted by molar-refractivity contribution is 6.16. The fourth-order valence-electron chi connectivity index (χ4n) is 3.09. The van der Waals surface area contributed by atoms with Crippen LogP contribution in [0.25, 0.3) is 6.08 Å². The Morgan fingerprint density at radius 3 is 2.50 bits per heavy atom. The summed E-state index contributed by atoms with van der Waals surface area (Å²) >= 11 is 0. The van der Waals surface area contributed by atoms with Gasteiger partial charge in [-0.05, 0) is 42.8 Å². The van der Waals surface area contributed by atoms with Crippen molar-refractivity contribution in [3.8, 4) is 11.5 Å². The zero-order valence-electron chi connectivity index (χ0n) is 16.1. The van der Waals surface area contributed by atoms with Crippen molar-refractivity contribution < 1.29 is 28.2 Å². The average molecular weight is 383 g/mol. The van der Waals surface area contributed by atoms with Crippen molar-refractivity contribution in [3.05, 3.63) is 64.8 Å². The Morgan fingerprint density at radius 2 is 1.89 bits per heavy atom. The maximum atomic E-state index is 13.1. The van der Waals surface area contributed by atoms with E-state index in [1.54, 1.807) is 50.4 Å². The van der Waals surface area contributed by atoms with E-state index >= 15 is 0 Å². The molecule has 0 unspecified atom stereocenters. The van der Waals surface area contributed by atoms with Gasteiger partial charge in [0.1, 0.15) is 5.76 Å². The molecule has 0 fully saturated rings. The zero-order chi connectivity index (χ0) is 20.3. The SMILES string of the molecule is COC(=O)C1=C(C)N(Cc2ccco2)C(=O)C1=Cc1ccc(OC)c(OC)c1. The molecule has 0 saturated carbocycles. The van der Waals surface area contributed by atoms with Crippen LogP contribution in [-0.4, -0.2) is 38.1 Å². The Balaban J connectivity index is 2.04. The molecule has 1 aliphatic heterocycles. The molecule has 7 heteroatoms. The van der Waals surface area contributed by atoms with Crippen LogP contribution in [0.3, 0.4) is 0 Å². The minimum atomic E-state index is -0.570. The van der Waals surface area contributed by atoms with E-state index < -0.39 is 5.97 Å². The summed E-state index contributed by atoms with van der Waals surface area (Å²) in [6, 6.07) is 8.77. The molecule has 2 heterocycles. The molecule has 1 aromatic carbocycles. The van der Waals surface area contributed by atoms with E-state index in [1.165, 1.54) is 25.4 Å². The number of ether oxygens (including phenoxy) is 3. The molecule has 3 rings (SSSR count). The average Bonchev–Trinajstić information content (AvgIpc) is 3.30. The van der Waals surface area contributed by atoms with Gasteiger partial charge in [-0.2, -0.15) is 0 Å². The first-order valence-corrected chi connectivity index (χ1v) is 8.57. The number of nitrogens with zero attached hydrogens (tertiary/aromatic N) is 1. The first kappa shape index (κ1) is 19.3. The van der Waals surface area contributed by atoms with Crippen LogP contribution in [0.1, 0.15) is 18.2 Å². The van der Waals surface area contributed by atoms with Crippen molar-refractivity contribution >= 4 is 18.0 Å². The van der Waals surface area contributed by atoms with Crippen LogP contribution in [0.2, 0.25) is 0 Å². The van der Waals surface area contributed by atoms with Crippen LogP contribution in [0.15, 0.2) is 57.9 Å². The quantitative estimate of drug-likeness (QED) is 0.563. The number of furan rings is 1. The second-order valence-electron chi connectivity index (χ2n) is 6.10. The van der Waals surface area contributed by atoms with Crippen molar-refractivity contribution in [1.29, 1.82) is 0 Å². The van der Waals surface area contributed by atoms with Crippen LogP contribution in [-0.2, 0) is 20.9 Å². The lowest BCUT2D eigenvalue weighted by atomic mass is 10.0. The van der Waals surface area contributed by atoms with Gasteiger partial charge in [-0.25, -0.2) is 4.79 Å². The monoisotopic (exact) mass is 383 g/mol. The minimum absolute atomic E-state index is 0.224. The fourth-order valence-corrected chi connectivity index (χ4v) is 3.09. The first-order chi connectivity index (χ1) is 13.5. The van der Waals surface area contributed by atoms with Crippen LogP contribution in [0.4, 0.5) is 0 Å². The highest BCUT2D eigenvalue weighted by Gasteiger charge is 2.37. The van der Waals surface area contributed by atoms with E-state index in [-0.39, 0.29) is 23.6 Å². The van der Waals surface area contributed by atoms with Crippen LogP contribution in [0.5, 0.6) is 11.5 Å². The third kappa shape index (κ3) is 3.51. The number of esters is 1. The van der Waals surface area contributed by atoms with Gasteiger partial charge in [0.05, 0.1) is 45.3 Å². The van der Waals surface area contributed by atoms with Crippen molar-refractivity contribution in [2.75, 3.05) is 21.3 Å². The van der Waals surface area contributed by atoms with E-state index in [0.29, 0.717) is 28.5 Å². The van der Waals surface area contributed by atoms with Crippen molar-refractivity contribution in [2.45, 2.75) is 13.5 Å².